The first-order chi connectivity index (χ1) is 61.4. The number of rotatable bonds is 12. The summed E-state index contributed by atoms with van der Waals surface area (Å²) < 4.78 is 0. The zero-order valence-electron chi connectivity index (χ0n) is 73.5. The van der Waals surface area contributed by atoms with Crippen molar-refractivity contribution in [3.63, 3.8) is 0 Å². The molecule has 0 saturated carbocycles. The number of hydrogen-bond donors (Lipinski definition) is 0. The van der Waals surface area contributed by atoms with Crippen LogP contribution in [0, 0.1) is 36.4 Å². The number of fused-ring (bicyclic) bond motifs is 6. The summed E-state index contributed by atoms with van der Waals surface area (Å²) in [4.78, 5) is 27.9. The van der Waals surface area contributed by atoms with E-state index in [-0.39, 0.29) is 60.3 Å². The molecular weight excluding hydrogens is 2150 g/mol. The average molecular weight is 2250 g/mol. The second-order valence-electron chi connectivity index (χ2n) is 34.1. The molecule has 21 rings (SSSR count). The van der Waals surface area contributed by atoms with Gasteiger partial charge in [-0.15, -0.1) is 195 Å². The number of aromatic nitrogens is 6. The predicted octanol–water partition coefficient (Wildman–Crippen LogP) is 28.8. The van der Waals surface area contributed by atoms with Crippen LogP contribution in [0.3, 0.4) is 0 Å². The van der Waals surface area contributed by atoms with Gasteiger partial charge in [-0.1, -0.05) is 342 Å². The molecule has 0 saturated heterocycles. The normalized spacial score (nSPS) is 11.0. The van der Waals surface area contributed by atoms with Gasteiger partial charge >= 0.3 is 0 Å². The molecule has 0 spiro atoms. The van der Waals surface area contributed by atoms with Crippen LogP contribution >= 0.6 is 0 Å². The molecule has 0 fully saturated rings. The zero-order valence-corrected chi connectivity index (χ0v) is 83.7. The molecule has 0 unspecified atom stereocenters. The third-order valence-electron chi connectivity index (χ3n) is 22.1. The van der Waals surface area contributed by atoms with Gasteiger partial charge in [0.2, 0.25) is 0 Å². The van der Waals surface area contributed by atoms with E-state index in [9.17, 15) is 0 Å². The van der Waals surface area contributed by atoms with Crippen molar-refractivity contribution < 1.29 is 60.3 Å². The van der Waals surface area contributed by atoms with Gasteiger partial charge in [0.05, 0.1) is 29.7 Å². The van der Waals surface area contributed by atoms with Crippen LogP contribution in [0.15, 0.2) is 419 Å². The second kappa shape index (κ2) is 43.9. The van der Waals surface area contributed by atoms with E-state index >= 15 is 0 Å². The Bertz CT molecular complexity index is 6730. The minimum Gasteiger partial charge on any atom is -0.305 e. The molecule has 0 bridgehead atoms. The van der Waals surface area contributed by atoms with E-state index in [0.29, 0.717) is 0 Å². The maximum absolute atomic E-state index is 4.81. The Hall–Kier alpha value is -12.6. The Morgan fingerprint density at radius 1 is 0.217 bits per heavy atom. The SMILES string of the molecule is C[Si](C)(C)c1cnc(-c2[c-]cc3ccccc3c2)cc1-c1ccccc1.C[Si](C)(C)c1cnc(-c2[c-]cc3ccccc3c2)cc1-c1ccccc1.C[Si](C)(C)c1cnc(-c2[c-]cc3ccccc3c2)cc1-c1ccccc1.[Ir].[Ir].[Ir].[c-]1ccccc1-c1cc2ccccc2cn1.[c-]1ccccc1-c1ccc2ccccc2n1.[c-]1ccccc1-c1nccc2ccccc12. The molecule has 12 heteroatoms. The zero-order chi connectivity index (χ0) is 86.8. The van der Waals surface area contributed by atoms with E-state index in [4.69, 9.17) is 15.0 Å². The molecule has 0 aliphatic carbocycles. The van der Waals surface area contributed by atoms with E-state index < -0.39 is 24.2 Å². The molecule has 0 atom stereocenters. The Labute approximate surface area is 803 Å². The molecule has 15 aromatic carbocycles. The van der Waals surface area contributed by atoms with E-state index in [1.165, 1.54) is 108 Å². The Balaban J connectivity index is 0.000000133. The molecule has 0 aliphatic heterocycles. The molecule has 3 radical (unpaired) electrons. The largest absolute Gasteiger partial charge is 0.305 e. The van der Waals surface area contributed by atoms with Gasteiger partial charge in [0.1, 0.15) is 0 Å². The van der Waals surface area contributed by atoms with Crippen LogP contribution in [-0.4, -0.2) is 54.1 Å². The summed E-state index contributed by atoms with van der Waals surface area (Å²) in [7, 11) is -4.50. The molecular formula is C117H96Ir3N6Si3-6. The monoisotopic (exact) mass is 2250 g/mol. The standard InChI is InChI=1S/3C24H22NSi.3C15H10N.3Ir/c3*1-26(2,3)24-17-25-23(16-22(24)19-10-5-4-6-11-19)21-14-13-18-9-7-8-12-20(18)15-21;1-2-7-13(8-3-1)15-14-9-5-4-6-12(14)10-11-16-15;1-2-6-12(7-3-1)15-10-13-8-4-5-9-14(13)11-16-15;1-2-6-12(7-3-1)15-11-10-13-8-4-5-9-14(13)16-15;;;/h3*4-13,15-17H,1-3H3;1-7,9-11H;2*1-6,8-11H;;;/q6*-1;;;. The first kappa shape index (κ1) is 94.0. The molecule has 6 heterocycles. The van der Waals surface area contributed by atoms with Crippen molar-refractivity contribution in [2.24, 2.45) is 0 Å². The van der Waals surface area contributed by atoms with Crippen LogP contribution in [0.5, 0.6) is 0 Å². The van der Waals surface area contributed by atoms with Crippen molar-refractivity contribution in [3.05, 3.63) is 456 Å². The van der Waals surface area contributed by atoms with Crippen molar-refractivity contribution in [3.8, 4) is 101 Å². The van der Waals surface area contributed by atoms with E-state index in [1.54, 1.807) is 0 Å². The summed E-state index contributed by atoms with van der Waals surface area (Å²) in [6.45, 7) is 21.4. The molecule has 129 heavy (non-hydrogen) atoms. The van der Waals surface area contributed by atoms with Gasteiger partial charge in [0.15, 0.2) is 0 Å². The fourth-order valence-corrected chi connectivity index (χ4v) is 19.8. The third-order valence-corrected chi connectivity index (χ3v) is 28.1. The van der Waals surface area contributed by atoms with Crippen LogP contribution in [0.25, 0.3) is 166 Å². The second-order valence-corrected chi connectivity index (χ2v) is 49.3. The minimum atomic E-state index is -1.50. The van der Waals surface area contributed by atoms with Gasteiger partial charge in [-0.2, -0.15) is 0 Å². The van der Waals surface area contributed by atoms with Crippen LogP contribution in [0.4, 0.5) is 0 Å². The fraction of sp³-hybridized carbons (Fsp3) is 0.0769. The Kier molecular flexibility index (Phi) is 32.0. The third kappa shape index (κ3) is 23.8. The number of benzene rings is 15. The topological polar surface area (TPSA) is 77.3 Å². The van der Waals surface area contributed by atoms with Crippen molar-refractivity contribution in [1.82, 2.24) is 29.9 Å². The Morgan fingerprint density at radius 3 is 0.930 bits per heavy atom. The van der Waals surface area contributed by atoms with E-state index in [0.717, 1.165) is 73.1 Å². The molecule has 0 amide bonds. The summed E-state index contributed by atoms with van der Waals surface area (Å²) in [6, 6.07) is 153. The van der Waals surface area contributed by atoms with Gasteiger partial charge in [0, 0.05) is 91.3 Å². The van der Waals surface area contributed by atoms with Crippen LogP contribution in [0.2, 0.25) is 58.9 Å². The predicted molar refractivity (Wildman–Crippen MR) is 541 cm³/mol. The van der Waals surface area contributed by atoms with Gasteiger partial charge in [0.25, 0.3) is 0 Å². The maximum Gasteiger partial charge on any atom is 0.0803 e. The summed E-state index contributed by atoms with van der Waals surface area (Å²) in [6.07, 6.45) is 10.0. The molecule has 6 aromatic heterocycles. The minimum absolute atomic E-state index is 0. The average Bonchev–Trinajstić information content (AvgIpc) is 0.786. The Morgan fingerprint density at radius 2 is 0.535 bits per heavy atom. The number of hydrogen-bond acceptors (Lipinski definition) is 6. The van der Waals surface area contributed by atoms with Crippen molar-refractivity contribution >= 4 is 105 Å². The molecule has 21 aromatic rings. The van der Waals surface area contributed by atoms with E-state index in [1.807, 2.05) is 140 Å². The molecule has 6 nitrogen and oxygen atoms in total. The fourth-order valence-electron chi connectivity index (χ4n) is 15.4. The van der Waals surface area contributed by atoms with Gasteiger partial charge < -0.3 is 24.9 Å². The van der Waals surface area contributed by atoms with Crippen molar-refractivity contribution in [1.29, 1.82) is 0 Å². The van der Waals surface area contributed by atoms with Crippen LogP contribution in [-0.2, 0) is 60.3 Å². The number of para-hydroxylation sites is 1. The smallest absolute Gasteiger partial charge is 0.0803 e. The van der Waals surface area contributed by atoms with Gasteiger partial charge in [-0.25, -0.2) is 0 Å². The summed E-state index contributed by atoms with van der Waals surface area (Å²) >= 11 is 0. The van der Waals surface area contributed by atoms with E-state index in [2.05, 4.69) is 390 Å². The number of nitrogens with zero attached hydrogens (tertiary/aromatic N) is 6. The molecule has 0 N–H and O–H groups in total. The summed E-state index contributed by atoms with van der Waals surface area (Å²) in [5.74, 6) is 0. The molecule has 639 valence electrons. The van der Waals surface area contributed by atoms with Crippen LogP contribution in [0.1, 0.15) is 0 Å². The van der Waals surface area contributed by atoms with Gasteiger partial charge in [-0.05, 0) is 122 Å². The first-order valence-corrected chi connectivity index (χ1v) is 53.2. The van der Waals surface area contributed by atoms with Gasteiger partial charge in [-0.3, -0.25) is 4.98 Å². The summed E-state index contributed by atoms with van der Waals surface area (Å²) in [5.41, 5.74) is 20.8. The summed E-state index contributed by atoms with van der Waals surface area (Å²) in [5, 5.41) is 17.4. The number of pyridine rings is 6. The van der Waals surface area contributed by atoms with Crippen molar-refractivity contribution in [2.75, 3.05) is 0 Å². The maximum atomic E-state index is 4.81. The van der Waals surface area contributed by atoms with Crippen LogP contribution < -0.4 is 15.6 Å². The first-order valence-electron chi connectivity index (χ1n) is 42.7. The molecule has 0 aliphatic rings. The quantitative estimate of drug-likeness (QED) is 0.0896. The van der Waals surface area contributed by atoms with Crippen molar-refractivity contribution in [2.45, 2.75) is 58.9 Å².